The second-order valence-corrected chi connectivity index (χ2v) is 22.8. The fourth-order valence-corrected chi connectivity index (χ4v) is 10.9. The first kappa shape index (κ1) is 57.6. The van der Waals surface area contributed by atoms with Gasteiger partial charge < -0.3 is 40.5 Å². The molecule has 4 N–H and O–H groups in total. The van der Waals surface area contributed by atoms with E-state index in [-0.39, 0.29) is 50.5 Å². The summed E-state index contributed by atoms with van der Waals surface area (Å²) in [5.74, 6) is -4.29. The Bertz CT molecular complexity index is 3020. The first-order valence-corrected chi connectivity index (χ1v) is 27.2. The quantitative estimate of drug-likeness (QED) is 0.0979. The highest BCUT2D eigenvalue weighted by Crippen LogP contribution is 2.31. The number of para-hydroxylation sites is 1. The predicted octanol–water partition coefficient (Wildman–Crippen LogP) is 6.81. The molecule has 2 aliphatic heterocycles. The molecule has 2 aliphatic rings. The number of carbonyl (C=O) groups is 7. The lowest BCUT2D eigenvalue weighted by atomic mass is 9.95. The van der Waals surface area contributed by atoms with Crippen LogP contribution < -0.4 is 21.3 Å². The van der Waals surface area contributed by atoms with Crippen molar-refractivity contribution in [2.45, 2.75) is 148 Å². The summed E-state index contributed by atoms with van der Waals surface area (Å²) in [5, 5.41) is 15.0. The summed E-state index contributed by atoms with van der Waals surface area (Å²) >= 11 is 6.31. The molecule has 4 heterocycles. The number of nitrogens with zero attached hydrogens (tertiary/aromatic N) is 5. The number of halogens is 1. The summed E-state index contributed by atoms with van der Waals surface area (Å²) in [6.07, 6.45) is 6.68. The van der Waals surface area contributed by atoms with E-state index in [1.165, 1.54) is 35.7 Å². The standard InChI is InChI=1S/C60H76ClN9O7/c1-12-60(8,9)70-34-42(45-16-13-14-17-49(45)70)33-48-58(76)68(11)51(28-35(2)3)55(73)64-47(32-40-21-24-44-37(6)62-26-25-41(44)30-40)53(71)63-38(7)57(75)67(10)50-18-15-27-69(59(50)77)52(29-36(4)5)56(74)65-46(54(72)66-48)31-39-19-22-43(61)23-20-39/h12-14,16-17,19-26,30,34-36,38,46-48,50-52H,1,15,18,27-29,31-33H2,2-11H3,(H,63,71)(H,64,73)(H,65,74)(H,66,72)/t38-,46-,47-,48-,50-,51-,52-/m0/s1. The van der Waals surface area contributed by atoms with Crippen molar-refractivity contribution in [2.24, 2.45) is 11.8 Å². The lowest BCUT2D eigenvalue weighted by molar-refractivity contribution is -0.153. The number of fused-ring (bicyclic) bond motifs is 4. The Morgan fingerprint density at radius 1 is 0.701 bits per heavy atom. The van der Waals surface area contributed by atoms with E-state index in [4.69, 9.17) is 11.6 Å². The van der Waals surface area contributed by atoms with Gasteiger partial charge in [-0.05, 0) is 112 Å². The van der Waals surface area contributed by atoms with Crippen molar-refractivity contribution in [3.8, 4) is 0 Å². The van der Waals surface area contributed by atoms with Crippen LogP contribution in [0.15, 0.2) is 97.8 Å². The minimum atomic E-state index is -1.30. The molecule has 0 unspecified atom stereocenters. The average Bonchev–Trinajstić information content (AvgIpc) is 3.78. The molecule has 2 bridgehead atoms. The SMILES string of the molecule is C=CC(C)(C)n1cc(C[C@@H]2NC(=O)[C@H](Cc3ccc(Cl)cc3)NC(=O)[C@H](CC(C)C)N3CCC[C@@H](C3=O)N(C)C(=O)[C@H](C)NC(=O)[C@H](Cc3ccc4c(C)nccc4c3)NC(=O)[C@H](CC(C)C)N(C)C2=O)c2ccccc21. The summed E-state index contributed by atoms with van der Waals surface area (Å²) in [4.78, 5) is 113. The number of aromatic nitrogens is 2. The third-order valence-electron chi connectivity index (χ3n) is 15.2. The third kappa shape index (κ3) is 13.4. The Kier molecular flexibility index (Phi) is 18.3. The summed E-state index contributed by atoms with van der Waals surface area (Å²) < 4.78 is 2.07. The van der Waals surface area contributed by atoms with E-state index < -0.39 is 89.2 Å². The zero-order valence-electron chi connectivity index (χ0n) is 46.2. The smallest absolute Gasteiger partial charge is 0.246 e. The molecule has 5 aromatic rings. The van der Waals surface area contributed by atoms with Crippen molar-refractivity contribution in [1.82, 2.24) is 45.5 Å². The number of nitrogens with one attached hydrogen (secondary N) is 4. The molecule has 17 heteroatoms. The molecule has 77 heavy (non-hydrogen) atoms. The van der Waals surface area contributed by atoms with E-state index in [0.717, 1.165) is 38.5 Å². The van der Waals surface area contributed by atoms with Crippen molar-refractivity contribution in [3.05, 3.63) is 125 Å². The maximum atomic E-state index is 15.6. The molecule has 2 aromatic heterocycles. The van der Waals surface area contributed by atoms with Crippen molar-refractivity contribution in [2.75, 3.05) is 20.6 Å². The van der Waals surface area contributed by atoms with Crippen molar-refractivity contribution >= 4 is 74.6 Å². The number of hydrogen-bond donors (Lipinski definition) is 4. The number of allylic oxidation sites excluding steroid dienone is 1. The van der Waals surface area contributed by atoms with Crippen LogP contribution in [-0.2, 0) is 58.4 Å². The lowest BCUT2D eigenvalue weighted by Crippen LogP contribution is -2.62. The molecule has 7 amide bonds. The van der Waals surface area contributed by atoms with Crippen LogP contribution in [0.5, 0.6) is 0 Å². The molecule has 0 spiro atoms. The first-order valence-electron chi connectivity index (χ1n) is 26.8. The number of amides is 7. The van der Waals surface area contributed by atoms with E-state index in [2.05, 4.69) is 37.4 Å². The molecular formula is C60H76ClN9O7. The molecule has 410 valence electrons. The fourth-order valence-electron chi connectivity index (χ4n) is 10.7. The minimum Gasteiger partial charge on any atom is -0.343 e. The highest BCUT2D eigenvalue weighted by molar-refractivity contribution is 6.30. The molecule has 0 aliphatic carbocycles. The maximum Gasteiger partial charge on any atom is 0.246 e. The number of benzene rings is 3. The molecule has 2 fully saturated rings. The van der Waals surface area contributed by atoms with Crippen LogP contribution in [-0.4, -0.2) is 129 Å². The van der Waals surface area contributed by atoms with Crippen LogP contribution in [0.25, 0.3) is 21.7 Å². The number of likely N-dealkylation sites (N-methyl/N-ethyl adjacent to an activating group) is 2. The van der Waals surface area contributed by atoms with Gasteiger partial charge in [0.25, 0.3) is 0 Å². The summed E-state index contributed by atoms with van der Waals surface area (Å²) in [6, 6.07) is 14.1. The first-order chi connectivity index (χ1) is 36.5. The Hall–Kier alpha value is -7.07. The highest BCUT2D eigenvalue weighted by atomic mass is 35.5. The van der Waals surface area contributed by atoms with Crippen LogP contribution >= 0.6 is 11.6 Å². The zero-order chi connectivity index (χ0) is 56.0. The number of aryl methyl sites for hydroxylation is 1. The molecule has 2 saturated heterocycles. The number of rotatable bonds is 12. The van der Waals surface area contributed by atoms with E-state index in [0.29, 0.717) is 23.4 Å². The molecule has 0 saturated carbocycles. The number of hydrogen-bond acceptors (Lipinski definition) is 8. The average molecular weight is 1070 g/mol. The Morgan fingerprint density at radius 3 is 1.96 bits per heavy atom. The van der Waals surface area contributed by atoms with Crippen LogP contribution in [0, 0.1) is 18.8 Å². The second kappa shape index (κ2) is 24.5. The lowest BCUT2D eigenvalue weighted by Gasteiger charge is -2.41. The molecule has 3 aromatic carbocycles. The van der Waals surface area contributed by atoms with Gasteiger partial charge in [-0.3, -0.25) is 38.5 Å². The molecule has 7 atom stereocenters. The van der Waals surface area contributed by atoms with E-state index in [9.17, 15) is 19.2 Å². The Labute approximate surface area is 457 Å². The molecule has 0 radical (unpaired) electrons. The minimum absolute atomic E-state index is 0.00702. The Balaban J connectivity index is 1.37. The van der Waals surface area contributed by atoms with Gasteiger partial charge in [0, 0.05) is 79.3 Å². The van der Waals surface area contributed by atoms with Gasteiger partial charge >= 0.3 is 0 Å². The van der Waals surface area contributed by atoms with Gasteiger partial charge in [0.2, 0.25) is 41.4 Å². The van der Waals surface area contributed by atoms with Crippen molar-refractivity contribution < 1.29 is 33.6 Å². The topological polar surface area (TPSA) is 195 Å². The second-order valence-electron chi connectivity index (χ2n) is 22.4. The summed E-state index contributed by atoms with van der Waals surface area (Å²) in [6.45, 7) is 19.5. The predicted molar refractivity (Wildman–Crippen MR) is 301 cm³/mol. The third-order valence-corrected chi connectivity index (χ3v) is 15.5. The maximum absolute atomic E-state index is 15.6. The van der Waals surface area contributed by atoms with Crippen molar-refractivity contribution in [1.29, 1.82) is 0 Å². The monoisotopic (exact) mass is 1070 g/mol. The van der Waals surface area contributed by atoms with E-state index >= 15 is 14.4 Å². The Morgan fingerprint density at radius 2 is 1.30 bits per heavy atom. The number of carbonyl (C=O) groups excluding carboxylic acids is 7. The van der Waals surface area contributed by atoms with Gasteiger partial charge in [-0.2, -0.15) is 0 Å². The normalized spacial score (nSPS) is 23.0. The van der Waals surface area contributed by atoms with Crippen LogP contribution in [0.1, 0.15) is 96.5 Å². The molecule has 16 nitrogen and oxygen atoms in total. The van der Waals surface area contributed by atoms with Crippen LogP contribution in [0.4, 0.5) is 0 Å². The van der Waals surface area contributed by atoms with Crippen molar-refractivity contribution in [3.63, 3.8) is 0 Å². The van der Waals surface area contributed by atoms with E-state index in [1.54, 1.807) is 30.5 Å². The van der Waals surface area contributed by atoms with Gasteiger partial charge in [0.1, 0.15) is 42.3 Å². The van der Waals surface area contributed by atoms with Crippen LogP contribution in [0.2, 0.25) is 5.02 Å². The highest BCUT2D eigenvalue weighted by Gasteiger charge is 2.43. The summed E-state index contributed by atoms with van der Waals surface area (Å²) in [7, 11) is 3.03. The largest absolute Gasteiger partial charge is 0.343 e. The van der Waals surface area contributed by atoms with Gasteiger partial charge in [-0.1, -0.05) is 93.9 Å². The number of piperidine rings is 1. The van der Waals surface area contributed by atoms with Crippen LogP contribution in [0.3, 0.4) is 0 Å². The fraction of sp³-hybridized carbons (Fsp3) is 0.467. The molecule has 7 rings (SSSR count). The van der Waals surface area contributed by atoms with E-state index in [1.807, 2.05) is 109 Å². The number of pyridine rings is 1. The molecular weight excluding hydrogens is 994 g/mol. The van der Waals surface area contributed by atoms with Gasteiger partial charge in [0.05, 0.1) is 5.54 Å². The van der Waals surface area contributed by atoms with Gasteiger partial charge in [-0.15, -0.1) is 6.58 Å². The summed E-state index contributed by atoms with van der Waals surface area (Å²) in [5.41, 5.74) is 3.27. The zero-order valence-corrected chi connectivity index (χ0v) is 46.9. The van der Waals surface area contributed by atoms with Gasteiger partial charge in [0.15, 0.2) is 0 Å². The van der Waals surface area contributed by atoms with Gasteiger partial charge in [-0.25, -0.2) is 0 Å².